The van der Waals surface area contributed by atoms with Gasteiger partial charge in [0.05, 0.1) is 5.69 Å². The summed E-state index contributed by atoms with van der Waals surface area (Å²) in [6.07, 6.45) is 2.27. The van der Waals surface area contributed by atoms with Gasteiger partial charge >= 0.3 is 0 Å². The van der Waals surface area contributed by atoms with E-state index < -0.39 is 11.6 Å². The van der Waals surface area contributed by atoms with Crippen LogP contribution in [0.25, 0.3) is 5.69 Å². The quantitative estimate of drug-likeness (QED) is 0.714. The zero-order valence-corrected chi connectivity index (χ0v) is 15.3. The Labute approximate surface area is 165 Å². The van der Waals surface area contributed by atoms with Crippen LogP contribution in [0.1, 0.15) is 28.2 Å². The Morgan fingerprint density at radius 2 is 1.97 bits per heavy atom. The predicted molar refractivity (Wildman–Crippen MR) is 101 cm³/mol. The number of nitrogens with zero attached hydrogens (tertiary/aromatic N) is 3. The van der Waals surface area contributed by atoms with E-state index in [2.05, 4.69) is 10.4 Å². The Kier molecular flexibility index (Phi) is 4.96. The van der Waals surface area contributed by atoms with E-state index in [-0.39, 0.29) is 18.2 Å². The van der Waals surface area contributed by atoms with Gasteiger partial charge in [0.15, 0.2) is 23.9 Å². The fourth-order valence-corrected chi connectivity index (χ4v) is 3.39. The number of fused-ring (bicyclic) bond motifs is 1. The van der Waals surface area contributed by atoms with Gasteiger partial charge < -0.3 is 10.1 Å². The number of carbonyl (C=O) groups is 1. The summed E-state index contributed by atoms with van der Waals surface area (Å²) in [5.41, 5.74) is 2.85. The van der Waals surface area contributed by atoms with Crippen molar-refractivity contribution >= 4 is 11.6 Å². The monoisotopic (exact) mass is 394 g/mol. The minimum atomic E-state index is -0.963. The second-order valence-electron chi connectivity index (χ2n) is 6.56. The number of benzene rings is 2. The first kappa shape index (κ1) is 18.6. The first-order valence-corrected chi connectivity index (χ1v) is 9.04. The molecule has 1 amide bonds. The minimum absolute atomic E-state index is 0.0563. The summed E-state index contributed by atoms with van der Waals surface area (Å²) >= 11 is 0. The highest BCUT2D eigenvalue weighted by Gasteiger charge is 2.27. The topological polar surface area (TPSA) is 79.9 Å². The van der Waals surface area contributed by atoms with Crippen molar-refractivity contribution in [1.29, 1.82) is 5.26 Å². The molecule has 6 nitrogen and oxygen atoms in total. The summed E-state index contributed by atoms with van der Waals surface area (Å²) in [7, 11) is 0. The zero-order valence-electron chi connectivity index (χ0n) is 15.3. The van der Waals surface area contributed by atoms with Crippen LogP contribution in [-0.2, 0) is 12.8 Å². The van der Waals surface area contributed by atoms with E-state index in [9.17, 15) is 13.6 Å². The van der Waals surface area contributed by atoms with Gasteiger partial charge in [0.2, 0.25) is 0 Å². The lowest BCUT2D eigenvalue weighted by Gasteiger charge is -2.07. The molecule has 4 rings (SSSR count). The molecule has 1 aliphatic carbocycles. The molecule has 0 fully saturated rings. The maximum absolute atomic E-state index is 13.7. The van der Waals surface area contributed by atoms with Crippen LogP contribution in [0.4, 0.5) is 14.5 Å². The van der Waals surface area contributed by atoms with E-state index in [0.29, 0.717) is 30.0 Å². The van der Waals surface area contributed by atoms with Crippen LogP contribution in [0.15, 0.2) is 42.5 Å². The minimum Gasteiger partial charge on any atom is -0.479 e. The average molecular weight is 394 g/mol. The molecule has 0 saturated heterocycles. The second-order valence-corrected chi connectivity index (χ2v) is 6.56. The standard InChI is InChI=1S/C21H16F2N4O2/c22-17-9-6-14(12-18(17)23)27-19-3-1-2-16(19)20(26-27)21(28)25-13-4-7-15(8-5-13)29-11-10-24/h4-9,12H,1-3,11H2,(H,25,28). The number of amides is 1. The number of nitrogens with one attached hydrogen (secondary N) is 1. The summed E-state index contributed by atoms with van der Waals surface area (Å²) in [5, 5.41) is 15.7. The van der Waals surface area contributed by atoms with E-state index in [4.69, 9.17) is 10.00 Å². The van der Waals surface area contributed by atoms with Crippen LogP contribution in [0.3, 0.4) is 0 Å². The molecule has 8 heteroatoms. The normalized spacial score (nSPS) is 12.3. The molecule has 0 atom stereocenters. The van der Waals surface area contributed by atoms with Gasteiger partial charge in [0, 0.05) is 23.0 Å². The fourth-order valence-electron chi connectivity index (χ4n) is 3.39. The van der Waals surface area contributed by atoms with Crippen molar-refractivity contribution in [1.82, 2.24) is 9.78 Å². The summed E-state index contributed by atoms with van der Waals surface area (Å²) in [6, 6.07) is 12.1. The summed E-state index contributed by atoms with van der Waals surface area (Å²) in [4.78, 5) is 12.8. The van der Waals surface area contributed by atoms with Crippen LogP contribution in [0, 0.1) is 23.0 Å². The summed E-state index contributed by atoms with van der Waals surface area (Å²) in [5.74, 6) is -1.75. The van der Waals surface area contributed by atoms with Crippen LogP contribution in [-0.4, -0.2) is 22.3 Å². The van der Waals surface area contributed by atoms with Gasteiger partial charge in [-0.1, -0.05) is 0 Å². The van der Waals surface area contributed by atoms with Gasteiger partial charge in [-0.25, -0.2) is 13.5 Å². The molecule has 0 spiro atoms. The van der Waals surface area contributed by atoms with Crippen molar-refractivity contribution in [3.63, 3.8) is 0 Å². The maximum atomic E-state index is 13.7. The third kappa shape index (κ3) is 3.67. The second kappa shape index (κ2) is 7.72. The Morgan fingerprint density at radius 3 is 2.69 bits per heavy atom. The Hall–Kier alpha value is -3.73. The van der Waals surface area contributed by atoms with Gasteiger partial charge in [0.1, 0.15) is 11.8 Å². The van der Waals surface area contributed by atoms with E-state index in [1.165, 1.54) is 10.7 Å². The molecule has 3 aromatic rings. The Balaban J connectivity index is 1.59. The maximum Gasteiger partial charge on any atom is 0.276 e. The molecule has 1 aliphatic rings. The van der Waals surface area contributed by atoms with Crippen molar-refractivity contribution in [2.45, 2.75) is 19.3 Å². The molecule has 0 saturated carbocycles. The number of rotatable bonds is 5. The lowest BCUT2D eigenvalue weighted by Crippen LogP contribution is -2.15. The van der Waals surface area contributed by atoms with E-state index in [1.807, 2.05) is 6.07 Å². The number of hydrogen-bond donors (Lipinski definition) is 1. The van der Waals surface area contributed by atoms with Crippen LogP contribution in [0.2, 0.25) is 0 Å². The van der Waals surface area contributed by atoms with Crippen molar-refractivity contribution in [3.05, 3.63) is 71.1 Å². The molecule has 0 unspecified atom stereocenters. The molecule has 146 valence electrons. The molecular weight excluding hydrogens is 378 g/mol. The zero-order chi connectivity index (χ0) is 20.4. The largest absolute Gasteiger partial charge is 0.479 e. The molecule has 2 aromatic carbocycles. The Morgan fingerprint density at radius 1 is 1.17 bits per heavy atom. The molecule has 0 bridgehead atoms. The highest BCUT2D eigenvalue weighted by atomic mass is 19.2. The number of aromatic nitrogens is 2. The van der Waals surface area contributed by atoms with Crippen molar-refractivity contribution in [2.75, 3.05) is 11.9 Å². The highest BCUT2D eigenvalue weighted by molar-refractivity contribution is 6.04. The van der Waals surface area contributed by atoms with E-state index in [1.54, 1.807) is 24.3 Å². The number of anilines is 1. The van der Waals surface area contributed by atoms with Crippen molar-refractivity contribution in [3.8, 4) is 17.5 Å². The first-order valence-electron chi connectivity index (χ1n) is 9.04. The van der Waals surface area contributed by atoms with E-state index in [0.717, 1.165) is 29.8 Å². The number of ether oxygens (including phenoxy) is 1. The lowest BCUT2D eigenvalue weighted by molar-refractivity contribution is 0.102. The first-order chi connectivity index (χ1) is 14.1. The molecule has 0 radical (unpaired) electrons. The smallest absolute Gasteiger partial charge is 0.276 e. The number of carbonyl (C=O) groups excluding carboxylic acids is 1. The van der Waals surface area contributed by atoms with Crippen LogP contribution < -0.4 is 10.1 Å². The molecule has 1 N–H and O–H groups in total. The van der Waals surface area contributed by atoms with Gasteiger partial charge in [0.25, 0.3) is 5.91 Å². The number of halogens is 2. The number of hydrogen-bond acceptors (Lipinski definition) is 4. The SMILES string of the molecule is N#CCOc1ccc(NC(=O)c2nn(-c3ccc(F)c(F)c3)c3c2CCC3)cc1. The van der Waals surface area contributed by atoms with Gasteiger partial charge in [-0.2, -0.15) is 10.4 Å². The third-order valence-electron chi connectivity index (χ3n) is 4.71. The van der Waals surface area contributed by atoms with Gasteiger partial charge in [-0.05, 0) is 55.7 Å². The lowest BCUT2D eigenvalue weighted by atomic mass is 10.2. The Bertz CT molecular complexity index is 1120. The molecule has 0 aliphatic heterocycles. The fraction of sp³-hybridized carbons (Fsp3) is 0.190. The van der Waals surface area contributed by atoms with Crippen LogP contribution >= 0.6 is 0 Å². The average Bonchev–Trinajstić information content (AvgIpc) is 3.32. The van der Waals surface area contributed by atoms with Gasteiger partial charge in [-0.15, -0.1) is 0 Å². The highest BCUT2D eigenvalue weighted by Crippen LogP contribution is 2.29. The molecular formula is C21H16F2N4O2. The van der Waals surface area contributed by atoms with Crippen molar-refractivity contribution < 1.29 is 18.3 Å². The summed E-state index contributed by atoms with van der Waals surface area (Å²) < 4.78 is 33.6. The molecule has 1 heterocycles. The van der Waals surface area contributed by atoms with Crippen LogP contribution in [0.5, 0.6) is 5.75 Å². The number of nitriles is 1. The van der Waals surface area contributed by atoms with E-state index >= 15 is 0 Å². The molecule has 29 heavy (non-hydrogen) atoms. The third-order valence-corrected chi connectivity index (χ3v) is 4.71. The molecule has 1 aromatic heterocycles. The summed E-state index contributed by atoms with van der Waals surface area (Å²) in [6.45, 7) is -0.0563. The van der Waals surface area contributed by atoms with Gasteiger partial charge in [-0.3, -0.25) is 4.79 Å². The van der Waals surface area contributed by atoms with Crippen molar-refractivity contribution in [2.24, 2.45) is 0 Å². The predicted octanol–water partition coefficient (Wildman–Crippen LogP) is 3.79.